The molecule has 0 bridgehead atoms. The van der Waals surface area contributed by atoms with E-state index in [9.17, 15) is 4.79 Å². The Kier molecular flexibility index (Phi) is 5.59. The third-order valence-corrected chi connectivity index (χ3v) is 4.72. The van der Waals surface area contributed by atoms with Crippen molar-refractivity contribution in [3.05, 3.63) is 53.3 Å². The van der Waals surface area contributed by atoms with E-state index in [-0.39, 0.29) is 5.91 Å². The molecule has 3 rings (SSSR count). The molecule has 0 unspecified atom stereocenters. The summed E-state index contributed by atoms with van der Waals surface area (Å²) in [5, 5.41) is 9.17. The van der Waals surface area contributed by atoms with Crippen LogP contribution in [0.2, 0.25) is 0 Å². The molecule has 136 valence electrons. The van der Waals surface area contributed by atoms with Crippen LogP contribution in [-0.4, -0.2) is 47.0 Å². The molecular weight excluding hydrogens is 328 g/mol. The smallest absolute Gasteiger partial charge is 0.237 e. The molecule has 1 aromatic heterocycles. The van der Waals surface area contributed by atoms with E-state index in [0.717, 1.165) is 30.0 Å². The van der Waals surface area contributed by atoms with Crippen LogP contribution in [0, 0.1) is 11.3 Å². The van der Waals surface area contributed by atoms with Gasteiger partial charge >= 0.3 is 0 Å². The largest absolute Gasteiger partial charge is 0.497 e. The quantitative estimate of drug-likeness (QED) is 0.800. The van der Waals surface area contributed by atoms with Crippen molar-refractivity contribution in [2.45, 2.75) is 26.6 Å². The molecule has 1 aliphatic rings. The van der Waals surface area contributed by atoms with E-state index in [1.807, 2.05) is 52.9 Å². The Bertz CT molecular complexity index is 821. The highest BCUT2D eigenvalue weighted by molar-refractivity contribution is 5.79. The van der Waals surface area contributed by atoms with Crippen molar-refractivity contribution in [3.63, 3.8) is 0 Å². The van der Waals surface area contributed by atoms with E-state index >= 15 is 0 Å². The van der Waals surface area contributed by atoms with E-state index in [4.69, 9.17) is 10.00 Å². The molecule has 1 fully saturated rings. The summed E-state index contributed by atoms with van der Waals surface area (Å²) in [4.78, 5) is 16.6. The van der Waals surface area contributed by atoms with Gasteiger partial charge in [-0.3, -0.25) is 9.69 Å². The number of hydrogen-bond donors (Lipinski definition) is 0. The molecule has 1 aliphatic heterocycles. The zero-order valence-electron chi connectivity index (χ0n) is 15.3. The first-order valence-electron chi connectivity index (χ1n) is 8.85. The van der Waals surface area contributed by atoms with Gasteiger partial charge in [0.1, 0.15) is 17.5 Å². The third kappa shape index (κ3) is 4.06. The summed E-state index contributed by atoms with van der Waals surface area (Å²) in [6, 6.07) is 12.0. The highest BCUT2D eigenvalue weighted by atomic mass is 16.5. The van der Waals surface area contributed by atoms with Crippen molar-refractivity contribution in [1.29, 1.82) is 5.26 Å². The highest BCUT2D eigenvalue weighted by Gasteiger charge is 2.24. The minimum absolute atomic E-state index is 0.134. The topological polar surface area (TPSA) is 61.5 Å². The van der Waals surface area contributed by atoms with Gasteiger partial charge in [0.15, 0.2) is 0 Å². The van der Waals surface area contributed by atoms with Crippen molar-refractivity contribution < 1.29 is 9.53 Å². The number of nitrogens with zero attached hydrogens (tertiary/aromatic N) is 4. The van der Waals surface area contributed by atoms with Crippen LogP contribution in [0.3, 0.4) is 0 Å². The number of rotatable bonds is 6. The molecular formula is C20H24N4O2. The Morgan fingerprint density at radius 2 is 2.04 bits per heavy atom. The first-order chi connectivity index (χ1) is 12.6. The second-order valence-electron chi connectivity index (χ2n) is 6.51. The van der Waals surface area contributed by atoms with Gasteiger partial charge in [-0.1, -0.05) is 12.1 Å². The van der Waals surface area contributed by atoms with Gasteiger partial charge in [-0.05, 0) is 36.2 Å². The van der Waals surface area contributed by atoms with E-state index < -0.39 is 0 Å². The average molecular weight is 352 g/mol. The molecule has 1 amide bonds. The summed E-state index contributed by atoms with van der Waals surface area (Å²) >= 11 is 0. The molecule has 0 atom stereocenters. The fraction of sp³-hybridized carbons (Fsp3) is 0.400. The molecule has 6 heteroatoms. The number of benzene rings is 1. The van der Waals surface area contributed by atoms with Crippen LogP contribution in [0.25, 0.3) is 0 Å². The van der Waals surface area contributed by atoms with Gasteiger partial charge in [-0.15, -0.1) is 0 Å². The second kappa shape index (κ2) is 8.07. The van der Waals surface area contributed by atoms with Gasteiger partial charge < -0.3 is 14.2 Å². The summed E-state index contributed by atoms with van der Waals surface area (Å²) < 4.78 is 7.19. The Hall–Kier alpha value is -2.78. The summed E-state index contributed by atoms with van der Waals surface area (Å²) in [7, 11) is 1.65. The highest BCUT2D eigenvalue weighted by Crippen LogP contribution is 2.17. The lowest BCUT2D eigenvalue weighted by molar-refractivity contribution is -0.136. The number of carbonyl (C=O) groups is 1. The van der Waals surface area contributed by atoms with Crippen LogP contribution >= 0.6 is 0 Å². The van der Waals surface area contributed by atoms with Crippen molar-refractivity contribution in [2.75, 3.05) is 26.7 Å². The normalized spacial score (nSPS) is 15.1. The first-order valence-corrected chi connectivity index (χ1v) is 8.85. The predicted molar refractivity (Wildman–Crippen MR) is 98.5 cm³/mol. The Balaban J connectivity index is 1.59. The molecule has 2 heterocycles. The fourth-order valence-corrected chi connectivity index (χ4v) is 3.32. The van der Waals surface area contributed by atoms with Crippen LogP contribution in [0.1, 0.15) is 23.7 Å². The maximum Gasteiger partial charge on any atom is 0.237 e. The number of aromatic nitrogens is 1. The minimum atomic E-state index is 0.134. The molecule has 1 aromatic carbocycles. The lowest BCUT2D eigenvalue weighted by Gasteiger charge is -2.34. The molecule has 0 N–H and O–H groups in total. The van der Waals surface area contributed by atoms with Crippen molar-refractivity contribution in [2.24, 2.45) is 0 Å². The summed E-state index contributed by atoms with van der Waals surface area (Å²) in [6.45, 7) is 6.03. The molecule has 0 radical (unpaired) electrons. The van der Waals surface area contributed by atoms with E-state index in [1.165, 1.54) is 0 Å². The number of hydrogen-bond acceptors (Lipinski definition) is 4. The molecule has 2 aromatic rings. The molecule has 1 saturated heterocycles. The van der Waals surface area contributed by atoms with Crippen molar-refractivity contribution in [3.8, 4) is 11.8 Å². The molecule has 0 spiro atoms. The number of amides is 1. The number of piperazine rings is 1. The molecule has 6 nitrogen and oxygen atoms in total. The number of methoxy groups -OCH3 is 1. The molecule has 0 saturated carbocycles. The van der Waals surface area contributed by atoms with Gasteiger partial charge in [-0.2, -0.15) is 5.26 Å². The zero-order chi connectivity index (χ0) is 18.5. The standard InChI is InChI=1S/C20H24N4O2/c1-3-23-14-17(9-18(23)11-21)12-22-7-8-24(20(25)15-22)13-16-5-4-6-19(10-16)26-2/h4-6,9-10,14H,3,7-8,12-13,15H2,1-2H3. The number of nitriles is 1. The van der Waals surface area contributed by atoms with Gasteiger partial charge in [0.05, 0.1) is 13.7 Å². The van der Waals surface area contributed by atoms with Crippen LogP contribution < -0.4 is 4.74 Å². The van der Waals surface area contributed by atoms with E-state index in [1.54, 1.807) is 7.11 Å². The molecule has 26 heavy (non-hydrogen) atoms. The van der Waals surface area contributed by atoms with Crippen molar-refractivity contribution in [1.82, 2.24) is 14.4 Å². The lowest BCUT2D eigenvalue weighted by atomic mass is 10.1. The number of carbonyl (C=O) groups excluding carboxylic acids is 1. The lowest BCUT2D eigenvalue weighted by Crippen LogP contribution is -2.49. The number of aryl methyl sites for hydroxylation is 1. The maximum absolute atomic E-state index is 12.5. The molecule has 0 aliphatic carbocycles. The summed E-state index contributed by atoms with van der Waals surface area (Å²) in [5.74, 6) is 0.941. The van der Waals surface area contributed by atoms with Gasteiger partial charge in [-0.25, -0.2) is 0 Å². The minimum Gasteiger partial charge on any atom is -0.497 e. The summed E-state index contributed by atoms with van der Waals surface area (Å²) in [5.41, 5.74) is 2.83. The number of ether oxygens (including phenoxy) is 1. The Morgan fingerprint density at radius 3 is 2.69 bits per heavy atom. The SMILES string of the molecule is CCn1cc(CN2CCN(Cc3cccc(OC)c3)C(=O)C2)cc1C#N. The van der Waals surface area contributed by atoms with Crippen molar-refractivity contribution >= 4 is 5.91 Å². The van der Waals surface area contributed by atoms with Gasteiger partial charge in [0.2, 0.25) is 5.91 Å². The monoisotopic (exact) mass is 352 g/mol. The van der Waals surface area contributed by atoms with E-state index in [0.29, 0.717) is 31.9 Å². The van der Waals surface area contributed by atoms with E-state index in [2.05, 4.69) is 11.0 Å². The Morgan fingerprint density at radius 1 is 1.19 bits per heavy atom. The van der Waals surface area contributed by atoms with Crippen LogP contribution in [0.15, 0.2) is 36.5 Å². The third-order valence-electron chi connectivity index (χ3n) is 4.72. The van der Waals surface area contributed by atoms with Gasteiger partial charge in [0.25, 0.3) is 0 Å². The average Bonchev–Trinajstić information content (AvgIpc) is 3.06. The van der Waals surface area contributed by atoms with Crippen LogP contribution in [0.5, 0.6) is 5.75 Å². The van der Waals surface area contributed by atoms with Crippen LogP contribution in [-0.2, 0) is 24.4 Å². The zero-order valence-corrected chi connectivity index (χ0v) is 15.3. The van der Waals surface area contributed by atoms with Crippen LogP contribution in [0.4, 0.5) is 0 Å². The van der Waals surface area contributed by atoms with Gasteiger partial charge in [0, 0.05) is 38.9 Å². The fourth-order valence-electron chi connectivity index (χ4n) is 3.32. The maximum atomic E-state index is 12.5. The Labute approximate surface area is 154 Å². The predicted octanol–water partition coefficient (Wildman–Crippen LogP) is 2.23. The second-order valence-corrected chi connectivity index (χ2v) is 6.51. The summed E-state index contributed by atoms with van der Waals surface area (Å²) in [6.07, 6.45) is 2.01. The first kappa shape index (κ1) is 18.0.